The number of ether oxygens (including phenoxy) is 2. The molecule has 1 aromatic heterocycles. The molecule has 0 spiro atoms. The first-order valence-corrected chi connectivity index (χ1v) is 4.89. The van der Waals surface area contributed by atoms with Crippen molar-refractivity contribution in [2.45, 2.75) is 0 Å². The van der Waals surface area contributed by atoms with E-state index >= 15 is 0 Å². The molecule has 0 saturated heterocycles. The van der Waals surface area contributed by atoms with Crippen LogP contribution in [0, 0.1) is 0 Å². The van der Waals surface area contributed by atoms with Crippen LogP contribution < -0.4 is 15.2 Å². The summed E-state index contributed by atoms with van der Waals surface area (Å²) in [4.78, 5) is 11.1. The highest BCUT2D eigenvalue weighted by atomic mass is 16.7. The van der Waals surface area contributed by atoms with Gasteiger partial charge in [-0.1, -0.05) is 6.07 Å². The number of para-hydroxylation sites is 1. The molecule has 86 valence electrons. The van der Waals surface area contributed by atoms with Gasteiger partial charge in [0, 0.05) is 5.56 Å². The predicted octanol–water partition coefficient (Wildman–Crippen LogP) is 0.182. The predicted molar refractivity (Wildman–Crippen MR) is 58.4 cm³/mol. The van der Waals surface area contributed by atoms with Crippen molar-refractivity contribution >= 4 is 6.21 Å². The van der Waals surface area contributed by atoms with Crippen LogP contribution in [0.3, 0.4) is 0 Å². The summed E-state index contributed by atoms with van der Waals surface area (Å²) in [6, 6.07) is 5.46. The SMILES string of the molecule is O=c1[nH]ncn1/N=C\c1cccc2c1OCO2. The lowest BCUT2D eigenvalue weighted by molar-refractivity contribution is 0.174. The molecule has 1 N–H and O–H groups in total. The van der Waals surface area contributed by atoms with Gasteiger partial charge in [0.1, 0.15) is 6.33 Å². The van der Waals surface area contributed by atoms with E-state index in [0.717, 1.165) is 10.2 Å². The van der Waals surface area contributed by atoms with Gasteiger partial charge in [0.25, 0.3) is 0 Å². The van der Waals surface area contributed by atoms with E-state index < -0.39 is 5.69 Å². The zero-order chi connectivity index (χ0) is 11.7. The Hall–Kier alpha value is -2.57. The first-order valence-electron chi connectivity index (χ1n) is 4.89. The molecular weight excluding hydrogens is 224 g/mol. The highest BCUT2D eigenvalue weighted by Gasteiger charge is 2.15. The highest BCUT2D eigenvalue weighted by Crippen LogP contribution is 2.34. The molecule has 7 nitrogen and oxygen atoms in total. The molecule has 0 fully saturated rings. The fourth-order valence-electron chi connectivity index (χ4n) is 1.50. The third-order valence-electron chi connectivity index (χ3n) is 2.28. The van der Waals surface area contributed by atoms with Crippen LogP contribution in [0.25, 0.3) is 0 Å². The molecule has 1 aliphatic heterocycles. The van der Waals surface area contributed by atoms with Crippen LogP contribution in [0.4, 0.5) is 0 Å². The maximum Gasteiger partial charge on any atom is 0.363 e. The van der Waals surface area contributed by atoms with E-state index in [0.29, 0.717) is 11.5 Å². The Kier molecular flexibility index (Phi) is 2.14. The van der Waals surface area contributed by atoms with E-state index in [1.807, 2.05) is 18.2 Å². The average Bonchev–Trinajstić information content (AvgIpc) is 2.95. The Morgan fingerprint density at radius 1 is 1.47 bits per heavy atom. The fraction of sp³-hybridized carbons (Fsp3) is 0.100. The molecule has 0 atom stereocenters. The molecule has 17 heavy (non-hydrogen) atoms. The summed E-state index contributed by atoms with van der Waals surface area (Å²) >= 11 is 0. The van der Waals surface area contributed by atoms with E-state index in [9.17, 15) is 4.79 Å². The number of nitrogens with zero attached hydrogens (tertiary/aromatic N) is 3. The number of H-pyrrole nitrogens is 1. The van der Waals surface area contributed by atoms with Crippen molar-refractivity contribution in [3.05, 3.63) is 40.6 Å². The summed E-state index contributed by atoms with van der Waals surface area (Å²) in [7, 11) is 0. The third kappa shape index (κ3) is 1.67. The molecule has 1 aliphatic rings. The van der Waals surface area contributed by atoms with Crippen LogP contribution in [0.1, 0.15) is 5.56 Å². The molecule has 0 unspecified atom stereocenters. The van der Waals surface area contributed by atoms with Gasteiger partial charge in [0.05, 0.1) is 6.21 Å². The van der Waals surface area contributed by atoms with Gasteiger partial charge in [-0.05, 0) is 12.1 Å². The van der Waals surface area contributed by atoms with Gasteiger partial charge in [-0.25, -0.2) is 9.89 Å². The van der Waals surface area contributed by atoms with Crippen molar-refractivity contribution in [3.63, 3.8) is 0 Å². The maximum absolute atomic E-state index is 11.1. The molecule has 1 aromatic carbocycles. The zero-order valence-electron chi connectivity index (χ0n) is 8.66. The summed E-state index contributed by atoms with van der Waals surface area (Å²) in [6.45, 7) is 0.200. The van der Waals surface area contributed by atoms with Crippen LogP contribution in [0.2, 0.25) is 0 Å². The van der Waals surface area contributed by atoms with Crippen molar-refractivity contribution in [2.24, 2.45) is 5.10 Å². The van der Waals surface area contributed by atoms with Gasteiger partial charge in [-0.2, -0.15) is 14.9 Å². The fourth-order valence-corrected chi connectivity index (χ4v) is 1.50. The third-order valence-corrected chi connectivity index (χ3v) is 2.28. The lowest BCUT2D eigenvalue weighted by Gasteiger charge is -1.99. The number of aromatic amines is 1. The zero-order valence-corrected chi connectivity index (χ0v) is 8.66. The van der Waals surface area contributed by atoms with E-state index in [1.54, 1.807) is 0 Å². The Morgan fingerprint density at radius 2 is 2.41 bits per heavy atom. The maximum atomic E-state index is 11.1. The Labute approximate surface area is 95.3 Å². The minimum absolute atomic E-state index is 0.200. The summed E-state index contributed by atoms with van der Waals surface area (Å²) in [6.07, 6.45) is 2.81. The number of rotatable bonds is 2. The number of aromatic nitrogens is 3. The van der Waals surface area contributed by atoms with Gasteiger partial charge in [0.15, 0.2) is 11.5 Å². The Morgan fingerprint density at radius 3 is 3.24 bits per heavy atom. The first-order chi connectivity index (χ1) is 8.34. The molecule has 0 radical (unpaired) electrons. The second-order valence-corrected chi connectivity index (χ2v) is 3.33. The molecule has 0 bridgehead atoms. The molecule has 3 rings (SSSR count). The van der Waals surface area contributed by atoms with E-state index in [-0.39, 0.29) is 6.79 Å². The molecule has 7 heteroatoms. The van der Waals surface area contributed by atoms with Crippen molar-refractivity contribution in [1.82, 2.24) is 14.9 Å². The lowest BCUT2D eigenvalue weighted by atomic mass is 10.2. The number of hydrogen-bond donors (Lipinski definition) is 1. The smallest absolute Gasteiger partial charge is 0.363 e. The molecule has 0 amide bonds. The molecule has 0 saturated carbocycles. The van der Waals surface area contributed by atoms with Crippen molar-refractivity contribution in [2.75, 3.05) is 6.79 Å². The van der Waals surface area contributed by atoms with Crippen molar-refractivity contribution in [3.8, 4) is 11.5 Å². The topological polar surface area (TPSA) is 81.5 Å². The van der Waals surface area contributed by atoms with E-state index in [4.69, 9.17) is 9.47 Å². The quantitative estimate of drug-likeness (QED) is 0.749. The van der Waals surface area contributed by atoms with Gasteiger partial charge in [-0.15, -0.1) is 0 Å². The van der Waals surface area contributed by atoms with Gasteiger partial charge >= 0.3 is 5.69 Å². The number of nitrogens with one attached hydrogen (secondary N) is 1. The minimum atomic E-state index is -0.397. The second kappa shape index (κ2) is 3.78. The van der Waals surface area contributed by atoms with Crippen molar-refractivity contribution < 1.29 is 9.47 Å². The standard InChI is InChI=1S/C10H8N4O3/c15-10-13-11-5-14(10)12-4-7-2-1-3-8-9(7)17-6-16-8/h1-5H,6H2,(H,13,15)/b12-4-. The summed E-state index contributed by atoms with van der Waals surface area (Å²) < 4.78 is 11.6. The number of benzene rings is 1. The number of fused-ring (bicyclic) bond motifs is 1. The Bertz CT molecular complexity index is 628. The lowest BCUT2D eigenvalue weighted by Crippen LogP contribution is -2.11. The normalized spacial score (nSPS) is 13.4. The molecule has 2 aromatic rings. The summed E-state index contributed by atoms with van der Waals surface area (Å²) in [5, 5.41) is 9.77. The number of hydrogen-bond acceptors (Lipinski definition) is 5. The minimum Gasteiger partial charge on any atom is -0.454 e. The van der Waals surface area contributed by atoms with Gasteiger partial charge in [-0.3, -0.25) is 0 Å². The summed E-state index contributed by atoms with van der Waals surface area (Å²) in [5.74, 6) is 1.31. The largest absolute Gasteiger partial charge is 0.454 e. The van der Waals surface area contributed by atoms with Gasteiger partial charge < -0.3 is 9.47 Å². The average molecular weight is 232 g/mol. The molecular formula is C10H8N4O3. The summed E-state index contributed by atoms with van der Waals surface area (Å²) in [5.41, 5.74) is 0.346. The van der Waals surface area contributed by atoms with E-state index in [1.165, 1.54) is 12.5 Å². The van der Waals surface area contributed by atoms with Crippen LogP contribution in [-0.2, 0) is 0 Å². The van der Waals surface area contributed by atoms with Crippen LogP contribution in [0.15, 0.2) is 34.4 Å². The van der Waals surface area contributed by atoms with Gasteiger partial charge in [0.2, 0.25) is 6.79 Å². The van der Waals surface area contributed by atoms with Crippen LogP contribution in [-0.4, -0.2) is 27.9 Å². The molecule has 2 heterocycles. The first kappa shape index (κ1) is 9.64. The van der Waals surface area contributed by atoms with Crippen molar-refractivity contribution in [1.29, 1.82) is 0 Å². The second-order valence-electron chi connectivity index (χ2n) is 3.33. The van der Waals surface area contributed by atoms with Crippen LogP contribution in [0.5, 0.6) is 11.5 Å². The monoisotopic (exact) mass is 232 g/mol. The molecule has 0 aliphatic carbocycles. The highest BCUT2D eigenvalue weighted by molar-refractivity contribution is 5.85. The van der Waals surface area contributed by atoms with Crippen LogP contribution >= 0.6 is 0 Å². The van der Waals surface area contributed by atoms with E-state index in [2.05, 4.69) is 15.3 Å². The Balaban J connectivity index is 1.97.